The quantitative estimate of drug-likeness (QED) is 0.784. The summed E-state index contributed by atoms with van der Waals surface area (Å²) in [6.45, 7) is 7.74. The standard InChI is InChI=1S/C13H24N4O/c1-9(2)12-15-11(14)10(3)13(16-12)17(4)7-6-8-18-5/h9H,6-8H2,1-5H3,(H2,14,15,16). The molecule has 0 atom stereocenters. The predicted molar refractivity (Wildman–Crippen MR) is 75.0 cm³/mol. The second-order valence-electron chi connectivity index (χ2n) is 4.84. The molecule has 0 aromatic carbocycles. The van der Waals surface area contributed by atoms with Crippen molar-refractivity contribution in [1.82, 2.24) is 9.97 Å². The van der Waals surface area contributed by atoms with Crippen LogP contribution in [0.4, 0.5) is 11.6 Å². The molecule has 0 unspecified atom stereocenters. The minimum Gasteiger partial charge on any atom is -0.385 e. The zero-order valence-corrected chi connectivity index (χ0v) is 12.0. The Balaban J connectivity index is 2.92. The molecular formula is C13H24N4O. The topological polar surface area (TPSA) is 64.3 Å². The molecule has 18 heavy (non-hydrogen) atoms. The number of aromatic nitrogens is 2. The van der Waals surface area contributed by atoms with Crippen LogP contribution in [0, 0.1) is 6.92 Å². The lowest BCUT2D eigenvalue weighted by atomic mass is 10.2. The van der Waals surface area contributed by atoms with Gasteiger partial charge in [0.25, 0.3) is 0 Å². The highest BCUT2D eigenvalue weighted by Gasteiger charge is 2.14. The molecule has 1 heterocycles. The maximum absolute atomic E-state index is 5.95. The van der Waals surface area contributed by atoms with Crippen molar-refractivity contribution in [3.63, 3.8) is 0 Å². The molecule has 2 N–H and O–H groups in total. The van der Waals surface area contributed by atoms with Crippen molar-refractivity contribution in [2.75, 3.05) is 37.9 Å². The number of rotatable bonds is 6. The molecule has 0 saturated heterocycles. The Morgan fingerprint density at radius 3 is 2.56 bits per heavy atom. The Morgan fingerprint density at radius 2 is 2.00 bits per heavy atom. The monoisotopic (exact) mass is 252 g/mol. The summed E-state index contributed by atoms with van der Waals surface area (Å²) in [6.07, 6.45) is 0.966. The number of methoxy groups -OCH3 is 1. The second kappa shape index (κ2) is 6.54. The largest absolute Gasteiger partial charge is 0.385 e. The number of hydrogen-bond donors (Lipinski definition) is 1. The van der Waals surface area contributed by atoms with Crippen molar-refractivity contribution in [2.45, 2.75) is 33.1 Å². The van der Waals surface area contributed by atoms with Crippen molar-refractivity contribution in [1.29, 1.82) is 0 Å². The van der Waals surface area contributed by atoms with Gasteiger partial charge in [-0.25, -0.2) is 9.97 Å². The number of nitrogens with two attached hydrogens (primary N) is 1. The van der Waals surface area contributed by atoms with Gasteiger partial charge in [0.1, 0.15) is 17.5 Å². The normalized spacial score (nSPS) is 11.0. The molecule has 102 valence electrons. The van der Waals surface area contributed by atoms with Crippen LogP contribution in [-0.4, -0.2) is 37.3 Å². The average molecular weight is 252 g/mol. The van der Waals surface area contributed by atoms with E-state index in [1.165, 1.54) is 0 Å². The summed E-state index contributed by atoms with van der Waals surface area (Å²) >= 11 is 0. The van der Waals surface area contributed by atoms with Gasteiger partial charge in [0, 0.05) is 38.8 Å². The smallest absolute Gasteiger partial charge is 0.137 e. The van der Waals surface area contributed by atoms with Gasteiger partial charge in [-0.05, 0) is 13.3 Å². The third-order valence-corrected chi connectivity index (χ3v) is 2.90. The fraction of sp³-hybridized carbons (Fsp3) is 0.692. The Kier molecular flexibility index (Phi) is 5.34. The molecule has 0 fully saturated rings. The molecule has 1 aromatic heterocycles. The molecule has 0 aliphatic heterocycles. The van der Waals surface area contributed by atoms with Crippen LogP contribution in [0.15, 0.2) is 0 Å². The molecule has 0 aliphatic rings. The van der Waals surface area contributed by atoms with E-state index in [1.807, 2.05) is 14.0 Å². The zero-order chi connectivity index (χ0) is 13.7. The molecule has 1 rings (SSSR count). The van der Waals surface area contributed by atoms with Crippen molar-refractivity contribution in [3.8, 4) is 0 Å². The highest BCUT2D eigenvalue weighted by Crippen LogP contribution is 2.23. The van der Waals surface area contributed by atoms with Crippen LogP contribution >= 0.6 is 0 Å². The Labute approximate surface area is 109 Å². The maximum Gasteiger partial charge on any atom is 0.137 e. The number of nitrogens with zero attached hydrogens (tertiary/aromatic N) is 3. The molecule has 0 amide bonds. The van der Waals surface area contributed by atoms with Crippen molar-refractivity contribution in [2.24, 2.45) is 0 Å². The summed E-state index contributed by atoms with van der Waals surface area (Å²) in [5, 5.41) is 0. The van der Waals surface area contributed by atoms with Crippen molar-refractivity contribution < 1.29 is 4.74 Å². The van der Waals surface area contributed by atoms with Gasteiger partial charge in [-0.15, -0.1) is 0 Å². The molecule has 5 nitrogen and oxygen atoms in total. The minimum absolute atomic E-state index is 0.277. The van der Waals surface area contributed by atoms with E-state index in [1.54, 1.807) is 7.11 Å². The van der Waals surface area contributed by atoms with E-state index in [-0.39, 0.29) is 5.92 Å². The van der Waals surface area contributed by atoms with Gasteiger partial charge < -0.3 is 15.4 Å². The molecule has 0 spiro atoms. The lowest BCUT2D eigenvalue weighted by Gasteiger charge is -2.22. The van der Waals surface area contributed by atoms with Crippen molar-refractivity contribution >= 4 is 11.6 Å². The van der Waals surface area contributed by atoms with Crippen LogP contribution in [0.3, 0.4) is 0 Å². The lowest BCUT2D eigenvalue weighted by molar-refractivity contribution is 0.196. The van der Waals surface area contributed by atoms with Crippen LogP contribution in [0.1, 0.15) is 37.6 Å². The molecule has 5 heteroatoms. The molecule has 0 bridgehead atoms. The summed E-state index contributed by atoms with van der Waals surface area (Å²) < 4.78 is 5.06. The predicted octanol–water partition coefficient (Wildman–Crippen LogP) is 1.96. The van der Waals surface area contributed by atoms with Gasteiger partial charge >= 0.3 is 0 Å². The summed E-state index contributed by atoms with van der Waals surface area (Å²) in [6, 6.07) is 0. The lowest BCUT2D eigenvalue weighted by Crippen LogP contribution is -2.23. The van der Waals surface area contributed by atoms with Gasteiger partial charge in [-0.2, -0.15) is 0 Å². The highest BCUT2D eigenvalue weighted by molar-refractivity contribution is 5.56. The zero-order valence-electron chi connectivity index (χ0n) is 12.0. The van der Waals surface area contributed by atoms with Crippen LogP contribution in [0.2, 0.25) is 0 Å². The molecule has 0 aliphatic carbocycles. The average Bonchev–Trinajstić information content (AvgIpc) is 2.32. The van der Waals surface area contributed by atoms with Crippen LogP contribution in [0.25, 0.3) is 0 Å². The van der Waals surface area contributed by atoms with E-state index in [2.05, 4.69) is 28.7 Å². The Hall–Kier alpha value is -1.36. The first-order valence-corrected chi connectivity index (χ1v) is 6.31. The number of hydrogen-bond acceptors (Lipinski definition) is 5. The van der Waals surface area contributed by atoms with Gasteiger partial charge in [-0.3, -0.25) is 0 Å². The fourth-order valence-electron chi connectivity index (χ4n) is 1.72. The third-order valence-electron chi connectivity index (χ3n) is 2.90. The van der Waals surface area contributed by atoms with Gasteiger partial charge in [0.15, 0.2) is 0 Å². The van der Waals surface area contributed by atoms with E-state index in [0.29, 0.717) is 5.82 Å². The molecular weight excluding hydrogens is 228 g/mol. The first kappa shape index (κ1) is 14.7. The van der Waals surface area contributed by atoms with Gasteiger partial charge in [0.05, 0.1) is 0 Å². The van der Waals surface area contributed by atoms with E-state index in [0.717, 1.165) is 36.8 Å². The Bertz CT molecular complexity index is 393. The van der Waals surface area contributed by atoms with E-state index in [9.17, 15) is 0 Å². The van der Waals surface area contributed by atoms with Crippen LogP contribution < -0.4 is 10.6 Å². The number of nitrogen functional groups attached to an aromatic ring is 1. The summed E-state index contributed by atoms with van der Waals surface area (Å²) in [7, 11) is 3.74. The first-order chi connectivity index (χ1) is 8.47. The molecule has 0 saturated carbocycles. The summed E-state index contributed by atoms with van der Waals surface area (Å²) in [4.78, 5) is 11.0. The molecule has 0 radical (unpaired) electrons. The van der Waals surface area contributed by atoms with Gasteiger partial charge in [-0.1, -0.05) is 13.8 Å². The van der Waals surface area contributed by atoms with E-state index >= 15 is 0 Å². The minimum atomic E-state index is 0.277. The van der Waals surface area contributed by atoms with Crippen LogP contribution in [-0.2, 0) is 4.74 Å². The second-order valence-corrected chi connectivity index (χ2v) is 4.84. The SMILES string of the molecule is COCCCN(C)c1nc(C(C)C)nc(N)c1C. The number of anilines is 2. The summed E-state index contributed by atoms with van der Waals surface area (Å²) in [5.41, 5.74) is 6.89. The molecule has 1 aromatic rings. The third kappa shape index (κ3) is 3.57. The van der Waals surface area contributed by atoms with E-state index < -0.39 is 0 Å². The van der Waals surface area contributed by atoms with Crippen molar-refractivity contribution in [3.05, 3.63) is 11.4 Å². The van der Waals surface area contributed by atoms with Crippen LogP contribution in [0.5, 0.6) is 0 Å². The first-order valence-electron chi connectivity index (χ1n) is 6.31. The number of ether oxygens (including phenoxy) is 1. The fourth-order valence-corrected chi connectivity index (χ4v) is 1.72. The van der Waals surface area contributed by atoms with Gasteiger partial charge in [0.2, 0.25) is 0 Å². The highest BCUT2D eigenvalue weighted by atomic mass is 16.5. The Morgan fingerprint density at radius 1 is 1.33 bits per heavy atom. The van der Waals surface area contributed by atoms with E-state index in [4.69, 9.17) is 10.5 Å². The summed E-state index contributed by atoms with van der Waals surface area (Å²) in [5.74, 6) is 2.57. The maximum atomic E-state index is 5.95.